The largest absolute Gasteiger partial charge is 0.444 e. The first-order valence-corrected chi connectivity index (χ1v) is 12.7. The third-order valence-corrected chi connectivity index (χ3v) is 6.99. The summed E-state index contributed by atoms with van der Waals surface area (Å²) in [6.45, 7) is 5.65. The zero-order chi connectivity index (χ0) is 25.3. The Morgan fingerprint density at radius 2 is 1.67 bits per heavy atom. The Morgan fingerprint density at radius 3 is 2.33 bits per heavy atom. The summed E-state index contributed by atoms with van der Waals surface area (Å²) in [4.78, 5) is 21.9. The standard InChI is InChI=1S/C30H30ClN3O2/c1-29(2,3)36-28(35)34-30(16-7-8-17-30)22-13-11-21(12-14-22)26-23(20-9-5-4-6-10-20)19-24-25(33-26)15-18-32-27(24)31/h4-6,9-15,18-19H,7-8,16-17H2,1-3H3,(H,34,35). The summed E-state index contributed by atoms with van der Waals surface area (Å²) in [6, 6.07) is 22.5. The van der Waals surface area contributed by atoms with Gasteiger partial charge in [-0.15, -0.1) is 0 Å². The number of benzene rings is 2. The molecule has 1 N–H and O–H groups in total. The van der Waals surface area contributed by atoms with Crippen molar-refractivity contribution >= 4 is 28.6 Å². The maximum atomic E-state index is 12.7. The van der Waals surface area contributed by atoms with E-state index >= 15 is 0 Å². The fraction of sp³-hybridized carbons (Fsp3) is 0.300. The number of carbonyl (C=O) groups excluding carboxylic acids is 1. The first kappa shape index (κ1) is 24.3. The van der Waals surface area contributed by atoms with E-state index in [1.807, 2.05) is 45.0 Å². The highest BCUT2D eigenvalue weighted by Crippen LogP contribution is 2.41. The lowest BCUT2D eigenvalue weighted by Crippen LogP contribution is -2.46. The number of hydrogen-bond donors (Lipinski definition) is 1. The minimum absolute atomic E-state index is 0.374. The van der Waals surface area contributed by atoms with Crippen LogP contribution < -0.4 is 5.32 Å². The van der Waals surface area contributed by atoms with E-state index in [1.165, 1.54) is 0 Å². The summed E-state index contributed by atoms with van der Waals surface area (Å²) in [5.74, 6) is 0. The van der Waals surface area contributed by atoms with Crippen LogP contribution in [0, 0.1) is 0 Å². The lowest BCUT2D eigenvalue weighted by Gasteiger charge is -2.32. The molecule has 0 spiro atoms. The van der Waals surface area contributed by atoms with E-state index in [1.54, 1.807) is 6.20 Å². The number of pyridine rings is 2. The van der Waals surface area contributed by atoms with Gasteiger partial charge in [0.1, 0.15) is 10.8 Å². The number of fused-ring (bicyclic) bond motifs is 1. The van der Waals surface area contributed by atoms with Gasteiger partial charge < -0.3 is 10.1 Å². The van der Waals surface area contributed by atoms with Crippen LogP contribution in [0.2, 0.25) is 5.15 Å². The fourth-order valence-corrected chi connectivity index (χ4v) is 5.24. The van der Waals surface area contributed by atoms with Crippen molar-refractivity contribution in [3.05, 3.63) is 83.6 Å². The number of aromatic nitrogens is 2. The quantitative estimate of drug-likeness (QED) is 0.290. The summed E-state index contributed by atoms with van der Waals surface area (Å²) < 4.78 is 5.58. The summed E-state index contributed by atoms with van der Waals surface area (Å²) in [6.07, 6.45) is 5.22. The van der Waals surface area contributed by atoms with Crippen LogP contribution in [-0.2, 0) is 10.3 Å². The predicted octanol–water partition coefficient (Wildman–Crippen LogP) is 7.91. The van der Waals surface area contributed by atoms with Crippen LogP contribution in [0.1, 0.15) is 52.0 Å². The summed E-state index contributed by atoms with van der Waals surface area (Å²) in [5.41, 5.74) is 4.86. The molecule has 0 saturated heterocycles. The van der Waals surface area contributed by atoms with Crippen molar-refractivity contribution in [1.82, 2.24) is 15.3 Å². The number of amides is 1. The number of hydrogen-bond acceptors (Lipinski definition) is 4. The number of halogens is 1. The molecule has 0 radical (unpaired) electrons. The molecule has 1 aliphatic rings. The van der Waals surface area contributed by atoms with Gasteiger partial charge in [-0.25, -0.2) is 14.8 Å². The third-order valence-electron chi connectivity index (χ3n) is 6.69. The normalized spacial score (nSPS) is 15.1. The second-order valence-electron chi connectivity index (χ2n) is 10.4. The van der Waals surface area contributed by atoms with E-state index in [0.717, 1.165) is 64.5 Å². The van der Waals surface area contributed by atoms with Crippen molar-refractivity contribution < 1.29 is 9.53 Å². The average Bonchev–Trinajstić information content (AvgIpc) is 3.32. The molecule has 2 heterocycles. The molecule has 0 bridgehead atoms. The van der Waals surface area contributed by atoms with Gasteiger partial charge in [0.2, 0.25) is 0 Å². The Kier molecular flexibility index (Phi) is 6.44. The topological polar surface area (TPSA) is 64.1 Å². The molecule has 1 aliphatic carbocycles. The molecular weight excluding hydrogens is 470 g/mol. The molecule has 5 nitrogen and oxygen atoms in total. The van der Waals surface area contributed by atoms with Crippen LogP contribution in [0.5, 0.6) is 0 Å². The van der Waals surface area contributed by atoms with E-state index in [9.17, 15) is 4.79 Å². The van der Waals surface area contributed by atoms with E-state index in [0.29, 0.717) is 5.15 Å². The monoisotopic (exact) mass is 499 g/mol. The van der Waals surface area contributed by atoms with Crippen molar-refractivity contribution in [2.45, 2.75) is 57.6 Å². The zero-order valence-corrected chi connectivity index (χ0v) is 21.6. The predicted molar refractivity (Wildman–Crippen MR) is 145 cm³/mol. The summed E-state index contributed by atoms with van der Waals surface area (Å²) in [7, 11) is 0. The van der Waals surface area contributed by atoms with Crippen LogP contribution >= 0.6 is 11.6 Å². The molecule has 1 fully saturated rings. The molecule has 0 atom stereocenters. The number of nitrogens with one attached hydrogen (secondary N) is 1. The Labute approximate surface area is 216 Å². The molecule has 4 aromatic rings. The van der Waals surface area contributed by atoms with E-state index in [-0.39, 0.29) is 6.09 Å². The van der Waals surface area contributed by atoms with E-state index in [4.69, 9.17) is 21.3 Å². The molecule has 0 aliphatic heterocycles. The molecule has 5 rings (SSSR count). The maximum absolute atomic E-state index is 12.7. The lowest BCUT2D eigenvalue weighted by molar-refractivity contribution is 0.0453. The Morgan fingerprint density at radius 1 is 0.972 bits per heavy atom. The Hall–Kier alpha value is -3.44. The van der Waals surface area contributed by atoms with Gasteiger partial charge in [-0.1, -0.05) is 79.0 Å². The van der Waals surface area contributed by atoms with Crippen molar-refractivity contribution in [2.24, 2.45) is 0 Å². The minimum Gasteiger partial charge on any atom is -0.444 e. The molecule has 1 saturated carbocycles. The van der Waals surface area contributed by atoms with Gasteiger partial charge in [-0.2, -0.15) is 0 Å². The van der Waals surface area contributed by atoms with Gasteiger partial charge in [0.05, 0.1) is 16.7 Å². The van der Waals surface area contributed by atoms with Crippen molar-refractivity contribution in [3.8, 4) is 22.4 Å². The van der Waals surface area contributed by atoms with E-state index in [2.05, 4.69) is 52.8 Å². The number of carbonyl (C=O) groups is 1. The fourth-order valence-electron chi connectivity index (χ4n) is 5.03. The highest BCUT2D eigenvalue weighted by molar-refractivity contribution is 6.34. The Balaban J connectivity index is 1.55. The smallest absolute Gasteiger partial charge is 0.408 e. The van der Waals surface area contributed by atoms with Gasteiger partial charge in [0, 0.05) is 22.7 Å². The molecule has 6 heteroatoms. The minimum atomic E-state index is -0.540. The molecular formula is C30H30ClN3O2. The van der Waals surface area contributed by atoms with Gasteiger partial charge in [-0.05, 0) is 56.9 Å². The lowest BCUT2D eigenvalue weighted by atomic mass is 9.87. The number of nitrogens with zero attached hydrogens (tertiary/aromatic N) is 2. The molecule has 0 unspecified atom stereocenters. The van der Waals surface area contributed by atoms with Crippen LogP contribution in [0.4, 0.5) is 4.79 Å². The average molecular weight is 500 g/mol. The highest BCUT2D eigenvalue weighted by Gasteiger charge is 2.38. The van der Waals surface area contributed by atoms with Crippen LogP contribution in [0.25, 0.3) is 33.3 Å². The van der Waals surface area contributed by atoms with E-state index < -0.39 is 11.1 Å². The second kappa shape index (κ2) is 9.55. The number of alkyl carbamates (subject to hydrolysis) is 1. The van der Waals surface area contributed by atoms with Gasteiger partial charge in [0.25, 0.3) is 0 Å². The summed E-state index contributed by atoms with van der Waals surface area (Å²) in [5, 5.41) is 4.46. The summed E-state index contributed by atoms with van der Waals surface area (Å²) >= 11 is 6.41. The first-order valence-electron chi connectivity index (χ1n) is 12.4. The number of ether oxygens (including phenoxy) is 1. The van der Waals surface area contributed by atoms with Crippen LogP contribution in [0.3, 0.4) is 0 Å². The van der Waals surface area contributed by atoms with Crippen molar-refractivity contribution in [1.29, 1.82) is 0 Å². The molecule has 184 valence electrons. The van der Waals surface area contributed by atoms with Gasteiger partial charge in [-0.3, -0.25) is 0 Å². The Bertz CT molecular complexity index is 1390. The first-order chi connectivity index (χ1) is 17.2. The highest BCUT2D eigenvalue weighted by atomic mass is 35.5. The molecule has 2 aromatic heterocycles. The zero-order valence-electron chi connectivity index (χ0n) is 20.8. The third kappa shape index (κ3) is 4.93. The maximum Gasteiger partial charge on any atom is 0.408 e. The SMILES string of the molecule is CC(C)(C)OC(=O)NC1(c2ccc(-c3nc4ccnc(Cl)c4cc3-c3ccccc3)cc2)CCCC1. The molecule has 36 heavy (non-hydrogen) atoms. The van der Waals surface area contributed by atoms with Crippen molar-refractivity contribution in [2.75, 3.05) is 0 Å². The van der Waals surface area contributed by atoms with Crippen molar-refractivity contribution in [3.63, 3.8) is 0 Å². The van der Waals surface area contributed by atoms with Gasteiger partial charge in [0.15, 0.2) is 0 Å². The van der Waals surface area contributed by atoms with Crippen LogP contribution in [0.15, 0.2) is 72.9 Å². The number of rotatable bonds is 4. The second-order valence-corrected chi connectivity index (χ2v) is 10.8. The van der Waals surface area contributed by atoms with Crippen LogP contribution in [-0.4, -0.2) is 21.7 Å². The molecule has 1 amide bonds. The molecule has 2 aromatic carbocycles. The van der Waals surface area contributed by atoms with Gasteiger partial charge >= 0.3 is 6.09 Å².